The molecule has 3 heterocycles. The molecule has 0 fully saturated rings. The van der Waals surface area contributed by atoms with Crippen molar-refractivity contribution in [3.63, 3.8) is 0 Å². The van der Waals surface area contributed by atoms with Gasteiger partial charge in [-0.05, 0) is 73.5 Å². The van der Waals surface area contributed by atoms with Crippen molar-refractivity contribution in [2.24, 2.45) is 9.98 Å². The Hall–Kier alpha value is -5.17. The van der Waals surface area contributed by atoms with Crippen LogP contribution in [0, 0.1) is 13.8 Å². The number of aromatic nitrogens is 2. The molecule has 0 unspecified atom stereocenters. The highest BCUT2D eigenvalue weighted by Crippen LogP contribution is 2.48. The average Bonchev–Trinajstić information content (AvgIpc) is 3.32. The SMILES string of the molecule is COc1cccc([C@H]2c3c(C)nn(-c4ccccc4)c3N=C3C(Nc4cccc(C)c4)=Nc4ccccc4N32)c1. The first kappa shape index (κ1) is 23.9. The van der Waals surface area contributed by atoms with Gasteiger partial charge in [0.2, 0.25) is 0 Å². The molecule has 7 rings (SSSR count). The van der Waals surface area contributed by atoms with Gasteiger partial charge in [0.05, 0.1) is 35.9 Å². The summed E-state index contributed by atoms with van der Waals surface area (Å²) in [4.78, 5) is 12.7. The molecule has 0 saturated carbocycles. The van der Waals surface area contributed by atoms with Crippen LogP contribution >= 0.6 is 0 Å². The van der Waals surface area contributed by atoms with Gasteiger partial charge in [0.15, 0.2) is 17.5 Å². The molecule has 0 radical (unpaired) electrons. The van der Waals surface area contributed by atoms with Gasteiger partial charge >= 0.3 is 0 Å². The van der Waals surface area contributed by atoms with E-state index in [-0.39, 0.29) is 6.04 Å². The minimum Gasteiger partial charge on any atom is -0.497 e. The number of aliphatic imine (C=N–C) groups is 2. The Bertz CT molecular complexity index is 1800. The summed E-state index contributed by atoms with van der Waals surface area (Å²) in [6.45, 7) is 4.14. The van der Waals surface area contributed by atoms with Crippen molar-refractivity contribution >= 4 is 34.6 Å². The Labute approximate surface area is 233 Å². The maximum Gasteiger partial charge on any atom is 0.179 e. The molecule has 1 N–H and O–H groups in total. The van der Waals surface area contributed by atoms with Crippen molar-refractivity contribution in [1.29, 1.82) is 0 Å². The zero-order valence-corrected chi connectivity index (χ0v) is 22.5. The minimum atomic E-state index is -0.207. The number of hydrogen-bond acceptors (Lipinski definition) is 6. The quantitative estimate of drug-likeness (QED) is 0.268. The van der Waals surface area contributed by atoms with E-state index in [9.17, 15) is 0 Å². The molecule has 1 atom stereocenters. The molecule has 0 amide bonds. The molecule has 196 valence electrons. The lowest BCUT2D eigenvalue weighted by Gasteiger charge is -2.40. The number of amidine groups is 2. The predicted octanol–water partition coefficient (Wildman–Crippen LogP) is 7.29. The zero-order chi connectivity index (χ0) is 27.2. The fourth-order valence-corrected chi connectivity index (χ4v) is 5.53. The van der Waals surface area contributed by atoms with Crippen molar-refractivity contribution in [3.8, 4) is 11.4 Å². The van der Waals surface area contributed by atoms with Crippen LogP contribution in [0.25, 0.3) is 5.69 Å². The number of nitrogens with one attached hydrogen (secondary N) is 1. The molecular formula is C33H28N6O. The van der Waals surface area contributed by atoms with E-state index < -0.39 is 0 Å². The van der Waals surface area contributed by atoms with Crippen LogP contribution in [0.2, 0.25) is 0 Å². The minimum absolute atomic E-state index is 0.207. The summed E-state index contributed by atoms with van der Waals surface area (Å²) in [7, 11) is 1.70. The summed E-state index contributed by atoms with van der Waals surface area (Å²) in [6, 6.07) is 34.7. The summed E-state index contributed by atoms with van der Waals surface area (Å²) in [5.74, 6) is 3.01. The van der Waals surface area contributed by atoms with Crippen molar-refractivity contribution < 1.29 is 4.74 Å². The Kier molecular flexibility index (Phi) is 5.70. The highest BCUT2D eigenvalue weighted by Gasteiger charge is 2.41. The first-order chi connectivity index (χ1) is 19.6. The number of benzene rings is 4. The number of nitrogens with zero attached hydrogens (tertiary/aromatic N) is 5. The molecule has 5 aromatic rings. The summed E-state index contributed by atoms with van der Waals surface area (Å²) in [5, 5.41) is 8.58. The monoisotopic (exact) mass is 524 g/mol. The van der Waals surface area contributed by atoms with Gasteiger partial charge in [-0.3, -0.25) is 0 Å². The molecule has 40 heavy (non-hydrogen) atoms. The molecule has 0 bridgehead atoms. The molecule has 4 aromatic carbocycles. The largest absolute Gasteiger partial charge is 0.497 e. The molecule has 0 saturated heterocycles. The van der Waals surface area contributed by atoms with Crippen LogP contribution in [0.5, 0.6) is 5.75 Å². The number of hydrogen-bond donors (Lipinski definition) is 1. The maximum atomic E-state index is 5.65. The van der Waals surface area contributed by atoms with Crippen molar-refractivity contribution in [3.05, 3.63) is 126 Å². The van der Waals surface area contributed by atoms with Gasteiger partial charge in [0.1, 0.15) is 5.75 Å². The lowest BCUT2D eigenvalue weighted by molar-refractivity contribution is 0.414. The smallest absolute Gasteiger partial charge is 0.179 e. The van der Waals surface area contributed by atoms with Crippen LogP contribution < -0.4 is 15.0 Å². The van der Waals surface area contributed by atoms with Crippen LogP contribution in [-0.4, -0.2) is 28.6 Å². The third-order valence-electron chi connectivity index (χ3n) is 7.33. The van der Waals surface area contributed by atoms with Gasteiger partial charge in [-0.25, -0.2) is 14.7 Å². The second kappa shape index (κ2) is 9.54. The predicted molar refractivity (Wildman–Crippen MR) is 161 cm³/mol. The van der Waals surface area contributed by atoms with Crippen LogP contribution in [-0.2, 0) is 0 Å². The highest BCUT2D eigenvalue weighted by molar-refractivity contribution is 6.51. The van der Waals surface area contributed by atoms with E-state index in [1.807, 2.05) is 65.3 Å². The van der Waals surface area contributed by atoms with Crippen LogP contribution in [0.15, 0.2) is 113 Å². The Morgan fingerprint density at radius 2 is 1.60 bits per heavy atom. The number of aryl methyl sites for hydroxylation is 2. The third-order valence-corrected chi connectivity index (χ3v) is 7.33. The van der Waals surface area contributed by atoms with Crippen molar-refractivity contribution in [1.82, 2.24) is 9.78 Å². The summed E-state index contributed by atoms with van der Waals surface area (Å²) >= 11 is 0. The first-order valence-corrected chi connectivity index (χ1v) is 13.3. The number of rotatable bonds is 4. The number of para-hydroxylation sites is 3. The maximum absolute atomic E-state index is 5.65. The van der Waals surface area contributed by atoms with Crippen LogP contribution in [0.4, 0.5) is 22.9 Å². The summed E-state index contributed by atoms with van der Waals surface area (Å²) < 4.78 is 7.59. The Morgan fingerprint density at radius 3 is 2.42 bits per heavy atom. The average molecular weight is 525 g/mol. The summed E-state index contributed by atoms with van der Waals surface area (Å²) in [5.41, 5.74) is 7.99. The zero-order valence-electron chi connectivity index (χ0n) is 22.5. The second-order valence-electron chi connectivity index (χ2n) is 10.00. The van der Waals surface area contributed by atoms with Gasteiger partial charge < -0.3 is 15.0 Å². The van der Waals surface area contributed by atoms with Gasteiger partial charge in [-0.2, -0.15) is 5.10 Å². The molecule has 2 aliphatic heterocycles. The van der Waals surface area contributed by atoms with Crippen LogP contribution in [0.1, 0.15) is 28.4 Å². The van der Waals surface area contributed by atoms with Crippen LogP contribution in [0.3, 0.4) is 0 Å². The molecule has 2 aliphatic rings. The Balaban J connectivity index is 1.50. The molecule has 1 aromatic heterocycles. The molecule has 0 spiro atoms. The first-order valence-electron chi connectivity index (χ1n) is 13.3. The van der Waals surface area contributed by atoms with Gasteiger partial charge in [0, 0.05) is 11.3 Å². The number of ether oxygens (including phenoxy) is 1. The van der Waals surface area contributed by atoms with E-state index in [1.54, 1.807) is 7.11 Å². The van der Waals surface area contributed by atoms with E-state index in [0.29, 0.717) is 5.84 Å². The standard InChI is InChI=1S/C33H28N6O/c1-21-11-9-13-24(19-21)34-31-33-36-32-29(22(2)37-39(32)25-14-5-4-6-15-25)30(23-12-10-16-26(20-23)40-3)38(33)28-18-8-7-17-27(28)35-31/h4-20,30H,1-3H3,(H,34,35)/t30-/m0/s1. The third kappa shape index (κ3) is 3.94. The van der Waals surface area contributed by atoms with Gasteiger partial charge in [-0.15, -0.1) is 0 Å². The Morgan fingerprint density at radius 1 is 0.800 bits per heavy atom. The number of fused-ring (bicyclic) bond motifs is 4. The van der Waals surface area contributed by atoms with Crippen molar-refractivity contribution in [2.75, 3.05) is 17.3 Å². The van der Waals surface area contributed by atoms with E-state index >= 15 is 0 Å². The van der Waals surface area contributed by atoms with E-state index in [0.717, 1.165) is 57.0 Å². The topological polar surface area (TPSA) is 67.0 Å². The fourth-order valence-electron chi connectivity index (χ4n) is 5.53. The van der Waals surface area contributed by atoms with E-state index in [1.165, 1.54) is 5.56 Å². The highest BCUT2D eigenvalue weighted by atomic mass is 16.5. The molecule has 0 aliphatic carbocycles. The molecule has 7 heteroatoms. The number of anilines is 2. The summed E-state index contributed by atoms with van der Waals surface area (Å²) in [6.07, 6.45) is 0. The van der Waals surface area contributed by atoms with E-state index in [2.05, 4.69) is 66.5 Å². The van der Waals surface area contributed by atoms with Gasteiger partial charge in [0.25, 0.3) is 0 Å². The second-order valence-corrected chi connectivity index (χ2v) is 10.00. The number of methoxy groups -OCH3 is 1. The normalized spacial score (nSPS) is 15.4. The molecular weight excluding hydrogens is 496 g/mol. The molecule has 7 nitrogen and oxygen atoms in total. The fraction of sp³-hybridized carbons (Fsp3) is 0.121. The van der Waals surface area contributed by atoms with E-state index in [4.69, 9.17) is 19.8 Å². The lowest BCUT2D eigenvalue weighted by atomic mass is 9.93. The van der Waals surface area contributed by atoms with Gasteiger partial charge in [-0.1, -0.05) is 54.6 Å². The van der Waals surface area contributed by atoms with Crippen molar-refractivity contribution in [2.45, 2.75) is 19.9 Å². The lowest BCUT2D eigenvalue weighted by Crippen LogP contribution is -2.46.